The highest BCUT2D eigenvalue weighted by Crippen LogP contribution is 2.48. The van der Waals surface area contributed by atoms with E-state index in [2.05, 4.69) is 0 Å². The van der Waals surface area contributed by atoms with Gasteiger partial charge in [-0.2, -0.15) is 0 Å². The second kappa shape index (κ2) is 8.77. The van der Waals surface area contributed by atoms with Crippen LogP contribution in [0.5, 0.6) is 0 Å². The van der Waals surface area contributed by atoms with Crippen LogP contribution in [0.25, 0.3) is 0 Å². The van der Waals surface area contributed by atoms with Crippen LogP contribution < -0.4 is 5.73 Å². The Morgan fingerprint density at radius 2 is 1.90 bits per heavy atom. The van der Waals surface area contributed by atoms with E-state index in [1.807, 2.05) is 30.3 Å². The van der Waals surface area contributed by atoms with Crippen molar-refractivity contribution in [1.29, 1.82) is 0 Å². The molecule has 0 saturated carbocycles. The van der Waals surface area contributed by atoms with Gasteiger partial charge in [-0.25, -0.2) is 4.79 Å². The van der Waals surface area contributed by atoms with Crippen molar-refractivity contribution in [2.75, 3.05) is 6.61 Å². The fraction of sp³-hybridized carbons (Fsp3) is 0.250. The first-order valence-electron chi connectivity index (χ1n) is 10.0. The zero-order valence-electron chi connectivity index (χ0n) is 16.9. The third-order valence-electron chi connectivity index (χ3n) is 5.58. The standard InChI is InChI=1S/C24H21Cl2NO4/c1-2-30-24(29)22-20(16-9-8-15(25)12-17(16)26)21-18(28)10-14(11-19(21)31-23(22)27)13-6-4-3-5-7-13/h3-9,12,14,20H,2,10-11,27H2,1H3/t14-,20-/m1/s1. The molecule has 0 unspecified atom stereocenters. The van der Waals surface area contributed by atoms with E-state index in [9.17, 15) is 9.59 Å². The zero-order valence-corrected chi connectivity index (χ0v) is 18.4. The summed E-state index contributed by atoms with van der Waals surface area (Å²) in [5.74, 6) is -1.18. The average molecular weight is 458 g/mol. The highest BCUT2D eigenvalue weighted by Gasteiger charge is 2.44. The SMILES string of the molecule is CCOC(=O)C1=C(N)OC2=C(C(=O)C[C@@H](c3ccccc3)C2)[C@H]1c1ccc(Cl)cc1Cl. The summed E-state index contributed by atoms with van der Waals surface area (Å²) in [6.45, 7) is 1.86. The van der Waals surface area contributed by atoms with E-state index in [-0.39, 0.29) is 29.8 Å². The third-order valence-corrected chi connectivity index (χ3v) is 6.14. The lowest BCUT2D eigenvalue weighted by atomic mass is 9.73. The number of nitrogens with two attached hydrogens (primary N) is 1. The predicted molar refractivity (Wildman–Crippen MR) is 119 cm³/mol. The van der Waals surface area contributed by atoms with Gasteiger partial charge in [0.25, 0.3) is 0 Å². The molecule has 0 bridgehead atoms. The van der Waals surface area contributed by atoms with E-state index in [0.29, 0.717) is 39.8 Å². The molecule has 160 valence electrons. The number of ether oxygens (including phenoxy) is 2. The Hall–Kier alpha value is -2.76. The molecule has 2 aliphatic rings. The van der Waals surface area contributed by atoms with E-state index < -0.39 is 11.9 Å². The van der Waals surface area contributed by atoms with Gasteiger partial charge in [-0.3, -0.25) is 4.79 Å². The number of esters is 1. The van der Waals surface area contributed by atoms with Crippen molar-refractivity contribution in [1.82, 2.24) is 0 Å². The number of ketones is 1. The topological polar surface area (TPSA) is 78.6 Å². The third kappa shape index (κ3) is 4.08. The van der Waals surface area contributed by atoms with Crippen LogP contribution in [0.2, 0.25) is 10.0 Å². The molecule has 0 aromatic heterocycles. The number of hydrogen-bond donors (Lipinski definition) is 1. The molecule has 2 N–H and O–H groups in total. The molecule has 0 radical (unpaired) electrons. The molecule has 2 atom stereocenters. The molecule has 1 aliphatic carbocycles. The molecule has 1 heterocycles. The summed E-state index contributed by atoms with van der Waals surface area (Å²) < 4.78 is 11.1. The zero-order chi connectivity index (χ0) is 22.1. The minimum atomic E-state index is -0.781. The minimum Gasteiger partial charge on any atom is -0.462 e. The molecule has 1 aliphatic heterocycles. The maximum absolute atomic E-state index is 13.4. The maximum Gasteiger partial charge on any atom is 0.340 e. The number of halogens is 2. The molecule has 0 amide bonds. The summed E-state index contributed by atoms with van der Waals surface area (Å²) in [5.41, 5.74) is 8.28. The van der Waals surface area contributed by atoms with Crippen LogP contribution in [0.15, 0.2) is 71.3 Å². The number of rotatable bonds is 4. The van der Waals surface area contributed by atoms with Crippen LogP contribution in [0.4, 0.5) is 0 Å². The van der Waals surface area contributed by atoms with Crippen LogP contribution in [0, 0.1) is 0 Å². The average Bonchev–Trinajstić information content (AvgIpc) is 2.73. The first kappa shape index (κ1) is 21.5. The second-order valence-electron chi connectivity index (χ2n) is 7.48. The van der Waals surface area contributed by atoms with Gasteiger partial charge < -0.3 is 15.2 Å². The Morgan fingerprint density at radius 3 is 2.58 bits per heavy atom. The molecule has 4 rings (SSSR count). The molecular weight excluding hydrogens is 437 g/mol. The summed E-state index contributed by atoms with van der Waals surface area (Å²) in [4.78, 5) is 26.2. The Balaban J connectivity index is 1.84. The van der Waals surface area contributed by atoms with E-state index in [1.165, 1.54) is 0 Å². The Kier molecular flexibility index (Phi) is 6.08. The summed E-state index contributed by atoms with van der Waals surface area (Å²) in [6.07, 6.45) is 0.785. The van der Waals surface area contributed by atoms with Gasteiger partial charge in [-0.05, 0) is 36.1 Å². The number of carbonyl (C=O) groups is 2. The highest BCUT2D eigenvalue weighted by molar-refractivity contribution is 6.35. The van der Waals surface area contributed by atoms with Gasteiger partial charge in [0, 0.05) is 28.5 Å². The van der Waals surface area contributed by atoms with Crippen LogP contribution in [0.3, 0.4) is 0 Å². The van der Waals surface area contributed by atoms with Gasteiger partial charge in [0.15, 0.2) is 5.78 Å². The van der Waals surface area contributed by atoms with Gasteiger partial charge in [0.2, 0.25) is 5.88 Å². The molecular formula is C24H21Cl2NO4. The van der Waals surface area contributed by atoms with Crippen molar-refractivity contribution in [3.05, 3.63) is 92.5 Å². The normalized spacial score (nSPS) is 20.9. The fourth-order valence-electron chi connectivity index (χ4n) is 4.22. The lowest BCUT2D eigenvalue weighted by Gasteiger charge is -2.35. The first-order chi connectivity index (χ1) is 14.9. The largest absolute Gasteiger partial charge is 0.462 e. The van der Waals surface area contributed by atoms with Crippen LogP contribution in [-0.2, 0) is 19.1 Å². The quantitative estimate of drug-likeness (QED) is 0.634. The maximum atomic E-state index is 13.4. The van der Waals surface area contributed by atoms with Crippen LogP contribution in [-0.4, -0.2) is 18.4 Å². The molecule has 5 nitrogen and oxygen atoms in total. The summed E-state index contributed by atoms with van der Waals surface area (Å²) in [7, 11) is 0. The summed E-state index contributed by atoms with van der Waals surface area (Å²) in [5, 5.41) is 0.780. The monoisotopic (exact) mass is 457 g/mol. The lowest BCUT2D eigenvalue weighted by molar-refractivity contribution is -0.139. The fourth-order valence-corrected chi connectivity index (χ4v) is 4.74. The number of benzene rings is 2. The van der Waals surface area contributed by atoms with Crippen molar-refractivity contribution < 1.29 is 19.1 Å². The number of Topliss-reactive ketones (excluding diaryl/α,β-unsaturated/α-hetero) is 1. The van der Waals surface area contributed by atoms with E-state index in [4.69, 9.17) is 38.4 Å². The highest BCUT2D eigenvalue weighted by atomic mass is 35.5. The molecule has 7 heteroatoms. The van der Waals surface area contributed by atoms with Crippen molar-refractivity contribution in [3.8, 4) is 0 Å². The van der Waals surface area contributed by atoms with Crippen LogP contribution in [0.1, 0.15) is 42.7 Å². The van der Waals surface area contributed by atoms with E-state index >= 15 is 0 Å². The Labute approximate surface area is 190 Å². The first-order valence-corrected chi connectivity index (χ1v) is 10.8. The van der Waals surface area contributed by atoms with Gasteiger partial charge in [-0.15, -0.1) is 0 Å². The summed E-state index contributed by atoms with van der Waals surface area (Å²) in [6, 6.07) is 14.7. The van der Waals surface area contributed by atoms with Crippen molar-refractivity contribution in [2.24, 2.45) is 5.73 Å². The lowest BCUT2D eigenvalue weighted by Crippen LogP contribution is -2.33. The summed E-state index contributed by atoms with van der Waals surface area (Å²) >= 11 is 12.6. The van der Waals surface area contributed by atoms with Gasteiger partial charge >= 0.3 is 5.97 Å². The van der Waals surface area contributed by atoms with Gasteiger partial charge in [0.05, 0.1) is 12.5 Å². The van der Waals surface area contributed by atoms with Crippen molar-refractivity contribution >= 4 is 35.0 Å². The molecule has 0 saturated heterocycles. The molecule has 2 aromatic carbocycles. The number of carbonyl (C=O) groups excluding carboxylic acids is 2. The predicted octanol–water partition coefficient (Wildman–Crippen LogP) is 5.24. The minimum absolute atomic E-state index is 0.0364. The molecule has 0 spiro atoms. The van der Waals surface area contributed by atoms with Crippen molar-refractivity contribution in [3.63, 3.8) is 0 Å². The number of allylic oxidation sites excluding steroid dienone is 2. The molecule has 31 heavy (non-hydrogen) atoms. The Bertz CT molecular complexity index is 1110. The molecule has 2 aromatic rings. The Morgan fingerprint density at radius 1 is 1.16 bits per heavy atom. The van der Waals surface area contributed by atoms with E-state index in [0.717, 1.165) is 5.56 Å². The van der Waals surface area contributed by atoms with Crippen LogP contribution >= 0.6 is 23.2 Å². The second-order valence-corrected chi connectivity index (χ2v) is 8.32. The smallest absolute Gasteiger partial charge is 0.340 e. The van der Waals surface area contributed by atoms with Gasteiger partial charge in [0.1, 0.15) is 11.3 Å². The van der Waals surface area contributed by atoms with Crippen molar-refractivity contribution in [2.45, 2.75) is 31.6 Å². The number of hydrogen-bond acceptors (Lipinski definition) is 5. The molecule has 0 fully saturated rings. The van der Waals surface area contributed by atoms with E-state index in [1.54, 1.807) is 25.1 Å². The van der Waals surface area contributed by atoms with Gasteiger partial charge in [-0.1, -0.05) is 59.6 Å².